The lowest BCUT2D eigenvalue weighted by molar-refractivity contribution is -0.124. The van der Waals surface area contributed by atoms with Crippen LogP contribution in [0.15, 0.2) is 36.8 Å². The summed E-state index contributed by atoms with van der Waals surface area (Å²) in [6.07, 6.45) is 4.36. The predicted octanol–water partition coefficient (Wildman–Crippen LogP) is 2.60. The topological polar surface area (TPSA) is 121 Å². The lowest BCUT2D eigenvalue weighted by Gasteiger charge is -2.32. The highest BCUT2D eigenvalue weighted by Gasteiger charge is 2.54. The number of nitrogens with one attached hydrogen (secondary N) is 2. The number of carbonyl (C=O) groups excluding carboxylic acids is 2. The molecule has 200 valence electrons. The summed E-state index contributed by atoms with van der Waals surface area (Å²) in [6.45, 7) is 7.61. The van der Waals surface area contributed by atoms with Crippen LogP contribution < -0.4 is 15.4 Å². The van der Waals surface area contributed by atoms with E-state index >= 15 is 0 Å². The Hall–Kier alpha value is -2.80. The summed E-state index contributed by atoms with van der Waals surface area (Å²) in [5.41, 5.74) is -1.23. The second kappa shape index (κ2) is 12.2. The molecule has 2 heterocycles. The quantitative estimate of drug-likeness (QED) is 0.421. The van der Waals surface area contributed by atoms with Gasteiger partial charge in [0.25, 0.3) is 5.91 Å². The molecule has 37 heavy (non-hydrogen) atoms. The predicted molar refractivity (Wildman–Crippen MR) is 135 cm³/mol. The van der Waals surface area contributed by atoms with Gasteiger partial charge in [-0.3, -0.25) is 14.6 Å². The number of halogens is 2. The zero-order valence-corrected chi connectivity index (χ0v) is 22.2. The smallest absolute Gasteiger partial charge is 0.481 e. The lowest BCUT2D eigenvalue weighted by atomic mass is 9.76. The molecule has 2 amide bonds. The van der Waals surface area contributed by atoms with Crippen LogP contribution in [0.1, 0.15) is 44.6 Å². The Balaban J connectivity index is 1.72. The zero-order valence-electron chi connectivity index (χ0n) is 21.4. The van der Waals surface area contributed by atoms with Gasteiger partial charge >= 0.3 is 7.12 Å². The summed E-state index contributed by atoms with van der Waals surface area (Å²) in [6, 6.07) is 3.09. The molecule has 2 N–H and O–H groups in total. The van der Waals surface area contributed by atoms with Gasteiger partial charge in [0.2, 0.25) is 5.91 Å². The van der Waals surface area contributed by atoms with Gasteiger partial charge in [0, 0.05) is 32.0 Å². The molecule has 1 aliphatic heterocycles. The monoisotopic (exact) mass is 536 g/mol. The largest absolute Gasteiger partial charge is 0.493 e. The first-order valence-corrected chi connectivity index (χ1v) is 12.1. The van der Waals surface area contributed by atoms with E-state index < -0.39 is 47.9 Å². The molecule has 1 aliphatic rings. The number of amides is 2. The first-order chi connectivity index (χ1) is 17.4. The minimum atomic E-state index is -1.03. The Labute approximate surface area is 220 Å². The summed E-state index contributed by atoms with van der Waals surface area (Å²) in [4.78, 5) is 33.6. The number of nitrogens with zero attached hydrogens (tertiary/aromatic N) is 2. The molecule has 13 heteroatoms. The van der Waals surface area contributed by atoms with E-state index in [9.17, 15) is 14.0 Å². The van der Waals surface area contributed by atoms with Gasteiger partial charge in [-0.15, -0.1) is 0 Å². The fourth-order valence-electron chi connectivity index (χ4n) is 3.48. The van der Waals surface area contributed by atoms with E-state index in [4.69, 9.17) is 30.4 Å². The van der Waals surface area contributed by atoms with E-state index in [0.29, 0.717) is 0 Å². The van der Waals surface area contributed by atoms with Crippen molar-refractivity contribution < 1.29 is 32.8 Å². The average Bonchev–Trinajstić information content (AvgIpc) is 3.07. The van der Waals surface area contributed by atoms with Crippen molar-refractivity contribution in [3.63, 3.8) is 0 Å². The fraction of sp³-hybridized carbons (Fsp3) is 0.500. The SMILES string of the molecule is COCC(NC(=O)c1cnccn1)C(=O)NC(CCOc1ccc(Cl)c(F)c1)B1OC(C)(C)C(C)(C)O1. The molecule has 1 saturated heterocycles. The summed E-state index contributed by atoms with van der Waals surface area (Å²) in [7, 11) is 0.609. The number of benzene rings is 1. The van der Waals surface area contributed by atoms with Crippen molar-refractivity contribution in [3.8, 4) is 5.75 Å². The van der Waals surface area contributed by atoms with Crippen molar-refractivity contribution in [1.29, 1.82) is 0 Å². The highest BCUT2D eigenvalue weighted by molar-refractivity contribution is 6.48. The third-order valence-corrected chi connectivity index (χ3v) is 6.57. The first kappa shape index (κ1) is 28.8. The summed E-state index contributed by atoms with van der Waals surface area (Å²) >= 11 is 5.73. The molecule has 2 atom stereocenters. The highest BCUT2D eigenvalue weighted by atomic mass is 35.5. The second-order valence-corrected chi connectivity index (χ2v) is 9.93. The lowest BCUT2D eigenvalue weighted by Crippen LogP contribution is -2.56. The molecule has 0 spiro atoms. The molecule has 1 aromatic heterocycles. The number of rotatable bonds is 11. The van der Waals surface area contributed by atoms with E-state index in [-0.39, 0.29) is 36.1 Å². The molecule has 0 saturated carbocycles. The molecular formula is C24H31BClFN4O6. The molecule has 0 bridgehead atoms. The minimum absolute atomic E-state index is 0.0116. The zero-order chi connectivity index (χ0) is 27.2. The number of hydrogen-bond acceptors (Lipinski definition) is 8. The Morgan fingerprint density at radius 1 is 1.16 bits per heavy atom. The van der Waals surface area contributed by atoms with Crippen LogP contribution in [0.25, 0.3) is 0 Å². The minimum Gasteiger partial charge on any atom is -0.493 e. The van der Waals surface area contributed by atoms with Gasteiger partial charge in [0.1, 0.15) is 23.3 Å². The molecule has 1 aromatic carbocycles. The van der Waals surface area contributed by atoms with E-state index in [1.807, 2.05) is 27.7 Å². The van der Waals surface area contributed by atoms with Gasteiger partial charge in [-0.2, -0.15) is 0 Å². The van der Waals surface area contributed by atoms with Gasteiger partial charge in [0.15, 0.2) is 0 Å². The number of carbonyl (C=O) groups is 2. The average molecular weight is 537 g/mol. The molecule has 1 fully saturated rings. The van der Waals surface area contributed by atoms with Crippen LogP contribution >= 0.6 is 11.6 Å². The number of methoxy groups -OCH3 is 1. The Kier molecular flexibility index (Phi) is 9.46. The van der Waals surface area contributed by atoms with E-state index in [2.05, 4.69) is 20.6 Å². The van der Waals surface area contributed by atoms with Crippen molar-refractivity contribution in [1.82, 2.24) is 20.6 Å². The molecule has 3 rings (SSSR count). The van der Waals surface area contributed by atoms with Crippen LogP contribution in [-0.4, -0.2) is 72.4 Å². The maximum atomic E-state index is 13.8. The maximum absolute atomic E-state index is 13.8. The molecule has 2 unspecified atom stereocenters. The number of ether oxygens (including phenoxy) is 2. The van der Waals surface area contributed by atoms with Crippen molar-refractivity contribution in [2.45, 2.75) is 57.3 Å². The van der Waals surface area contributed by atoms with E-state index in [0.717, 1.165) is 0 Å². The number of aromatic nitrogens is 2. The van der Waals surface area contributed by atoms with Crippen molar-refractivity contribution in [2.75, 3.05) is 20.3 Å². The molecular weight excluding hydrogens is 506 g/mol. The summed E-state index contributed by atoms with van der Waals surface area (Å²) in [5.74, 6) is -2.08. The standard InChI is InChI=1S/C24H31BClFN4O6/c1-23(2)24(3,4)37-25(36-23)20(8-11-35-15-6-7-16(26)17(27)12-15)31-22(33)19(14-34-5)30-21(32)18-13-28-9-10-29-18/h6-7,9-10,12-13,19-20H,8,11,14H2,1-5H3,(H,30,32)(H,31,33). The van der Waals surface area contributed by atoms with Crippen molar-refractivity contribution >= 4 is 30.5 Å². The molecule has 2 aromatic rings. The van der Waals surface area contributed by atoms with Crippen LogP contribution in [0.5, 0.6) is 5.75 Å². The number of hydrogen-bond donors (Lipinski definition) is 2. The Morgan fingerprint density at radius 3 is 2.46 bits per heavy atom. The van der Waals surface area contributed by atoms with Gasteiger partial charge in [-0.1, -0.05) is 11.6 Å². The first-order valence-electron chi connectivity index (χ1n) is 11.7. The fourth-order valence-corrected chi connectivity index (χ4v) is 3.60. The van der Waals surface area contributed by atoms with E-state index in [1.54, 1.807) is 6.07 Å². The Bertz CT molecular complexity index is 1080. The van der Waals surface area contributed by atoms with E-state index in [1.165, 1.54) is 37.8 Å². The van der Waals surface area contributed by atoms with Crippen LogP contribution in [0.3, 0.4) is 0 Å². The van der Waals surface area contributed by atoms with Crippen LogP contribution in [-0.2, 0) is 18.8 Å². The summed E-state index contributed by atoms with van der Waals surface area (Å²) in [5, 5.41) is 5.49. The van der Waals surface area contributed by atoms with Crippen molar-refractivity contribution in [3.05, 3.63) is 53.3 Å². The highest BCUT2D eigenvalue weighted by Crippen LogP contribution is 2.38. The van der Waals surface area contributed by atoms with Crippen LogP contribution in [0, 0.1) is 5.82 Å². The Morgan fingerprint density at radius 2 is 1.86 bits per heavy atom. The van der Waals surface area contributed by atoms with Crippen molar-refractivity contribution in [2.24, 2.45) is 0 Å². The second-order valence-electron chi connectivity index (χ2n) is 9.52. The third-order valence-electron chi connectivity index (χ3n) is 6.27. The molecule has 10 nitrogen and oxygen atoms in total. The summed E-state index contributed by atoms with van der Waals surface area (Å²) < 4.78 is 36.9. The molecule has 0 aliphatic carbocycles. The van der Waals surface area contributed by atoms with Gasteiger partial charge in [0.05, 0.1) is 41.6 Å². The molecule has 0 radical (unpaired) electrons. The normalized spacial score (nSPS) is 17.6. The van der Waals surface area contributed by atoms with Gasteiger partial charge < -0.3 is 29.4 Å². The van der Waals surface area contributed by atoms with Gasteiger partial charge in [-0.05, 0) is 39.8 Å². The third kappa shape index (κ3) is 7.38. The van der Waals surface area contributed by atoms with Crippen LogP contribution in [0.4, 0.5) is 4.39 Å². The van der Waals surface area contributed by atoms with Gasteiger partial charge in [-0.25, -0.2) is 9.37 Å². The maximum Gasteiger partial charge on any atom is 0.481 e. The van der Waals surface area contributed by atoms with Crippen LogP contribution in [0.2, 0.25) is 5.02 Å².